The maximum absolute atomic E-state index is 12.5. The Labute approximate surface area is 196 Å². The second kappa shape index (κ2) is 12.0. The van der Waals surface area contributed by atoms with Crippen molar-refractivity contribution < 1.29 is 19.1 Å². The number of rotatable bonds is 8. The number of carbonyl (C=O) groups is 3. The average molecular weight is 476 g/mol. The predicted molar refractivity (Wildman–Crippen MR) is 129 cm³/mol. The summed E-state index contributed by atoms with van der Waals surface area (Å²) in [6.07, 6.45) is 6.20. The molecule has 1 fully saturated rings. The van der Waals surface area contributed by atoms with Crippen LogP contribution in [0.25, 0.3) is 10.2 Å². The fourth-order valence-electron chi connectivity index (χ4n) is 3.58. The Balaban J connectivity index is 1.70. The third-order valence-corrected chi connectivity index (χ3v) is 7.08. The summed E-state index contributed by atoms with van der Waals surface area (Å²) >= 11 is 2.65. The van der Waals surface area contributed by atoms with Gasteiger partial charge in [-0.05, 0) is 38.0 Å². The Kier molecular flexibility index (Phi) is 9.11. The number of allylic oxidation sites excluding steroid dienone is 1. The predicted octanol–water partition coefficient (Wildman–Crippen LogP) is 3.63. The minimum Gasteiger partial charge on any atom is -0.462 e. The fourth-order valence-corrected chi connectivity index (χ4v) is 5.38. The zero-order valence-corrected chi connectivity index (χ0v) is 20.0. The number of fused-ring (bicyclic) bond motifs is 1. The summed E-state index contributed by atoms with van der Waals surface area (Å²) in [5, 5.41) is 0. The monoisotopic (exact) mass is 475 g/mol. The van der Waals surface area contributed by atoms with Gasteiger partial charge in [-0.25, -0.2) is 4.79 Å². The number of aromatic nitrogens is 1. The summed E-state index contributed by atoms with van der Waals surface area (Å²) in [4.78, 5) is 43.7. The number of nitrogens with zero attached hydrogens (tertiary/aromatic N) is 3. The molecule has 7 nitrogen and oxygen atoms in total. The largest absolute Gasteiger partial charge is 0.462 e. The topological polar surface area (TPSA) is 81.0 Å². The van der Waals surface area contributed by atoms with Crippen LogP contribution in [0.2, 0.25) is 0 Å². The number of hydrogen-bond acceptors (Lipinski definition) is 6. The van der Waals surface area contributed by atoms with E-state index in [1.165, 1.54) is 35.9 Å². The second-order valence-corrected chi connectivity index (χ2v) is 9.47. The normalized spacial score (nSPS) is 14.9. The van der Waals surface area contributed by atoms with Gasteiger partial charge < -0.3 is 14.2 Å². The molecule has 0 radical (unpaired) electrons. The van der Waals surface area contributed by atoms with E-state index < -0.39 is 0 Å². The van der Waals surface area contributed by atoms with E-state index >= 15 is 0 Å². The van der Waals surface area contributed by atoms with Gasteiger partial charge in [0.2, 0.25) is 5.91 Å². The van der Waals surface area contributed by atoms with Gasteiger partial charge in [0, 0.05) is 19.6 Å². The number of thiazole rings is 1. The van der Waals surface area contributed by atoms with Crippen molar-refractivity contribution in [3.05, 3.63) is 41.2 Å². The summed E-state index contributed by atoms with van der Waals surface area (Å²) in [7, 11) is 0. The van der Waals surface area contributed by atoms with Gasteiger partial charge in [-0.15, -0.1) is 18.3 Å². The van der Waals surface area contributed by atoms with Crippen LogP contribution in [0.1, 0.15) is 43.0 Å². The Morgan fingerprint density at radius 3 is 2.62 bits per heavy atom. The highest BCUT2D eigenvalue weighted by atomic mass is 32.2. The van der Waals surface area contributed by atoms with Crippen LogP contribution < -0.4 is 4.80 Å². The lowest BCUT2D eigenvalue weighted by Crippen LogP contribution is -2.33. The first-order valence-electron chi connectivity index (χ1n) is 10.9. The van der Waals surface area contributed by atoms with Crippen molar-refractivity contribution in [1.82, 2.24) is 9.47 Å². The van der Waals surface area contributed by atoms with Crippen molar-refractivity contribution in [1.29, 1.82) is 0 Å². The quantitative estimate of drug-likeness (QED) is 0.430. The SMILES string of the molecule is C=CCn1c(=NC(=O)CSCC(=O)N2CCCCCC2)sc2cc(C(=O)OCC)ccc21. The summed E-state index contributed by atoms with van der Waals surface area (Å²) in [6, 6.07) is 5.30. The molecule has 0 spiro atoms. The standard InChI is InChI=1S/C23H29N3O4S2/c1-3-11-26-18-10-9-17(22(29)30-4-2)14-19(18)32-23(26)24-20(27)15-31-16-21(28)25-12-7-5-6-8-13-25/h3,9-10,14H,1,4-8,11-13,15-16H2,2H3. The van der Waals surface area contributed by atoms with Crippen LogP contribution >= 0.6 is 23.1 Å². The van der Waals surface area contributed by atoms with E-state index in [0.29, 0.717) is 29.3 Å². The lowest BCUT2D eigenvalue weighted by atomic mass is 10.2. The minimum absolute atomic E-state index is 0.0970. The summed E-state index contributed by atoms with van der Waals surface area (Å²) in [5.74, 6) is -0.120. The van der Waals surface area contributed by atoms with E-state index in [0.717, 1.165) is 36.1 Å². The van der Waals surface area contributed by atoms with Gasteiger partial charge in [0.25, 0.3) is 5.91 Å². The van der Waals surface area contributed by atoms with Gasteiger partial charge in [-0.3, -0.25) is 9.59 Å². The molecule has 9 heteroatoms. The number of likely N-dealkylation sites (tertiary alicyclic amines) is 1. The van der Waals surface area contributed by atoms with Crippen molar-refractivity contribution in [3.8, 4) is 0 Å². The highest BCUT2D eigenvalue weighted by Gasteiger charge is 2.16. The Bertz CT molecular complexity index is 1050. The van der Waals surface area contributed by atoms with Gasteiger partial charge in [0.1, 0.15) is 0 Å². The molecule has 1 saturated heterocycles. The van der Waals surface area contributed by atoms with Crippen LogP contribution in [0.15, 0.2) is 35.8 Å². The number of hydrogen-bond donors (Lipinski definition) is 0. The van der Waals surface area contributed by atoms with E-state index in [1.54, 1.807) is 25.1 Å². The lowest BCUT2D eigenvalue weighted by Gasteiger charge is -2.19. The van der Waals surface area contributed by atoms with E-state index in [2.05, 4.69) is 11.6 Å². The van der Waals surface area contributed by atoms with Gasteiger partial charge >= 0.3 is 5.97 Å². The molecule has 172 valence electrons. The Morgan fingerprint density at radius 2 is 1.94 bits per heavy atom. The number of amides is 2. The van der Waals surface area contributed by atoms with Gasteiger partial charge in [0.05, 0.1) is 33.9 Å². The first kappa shape index (κ1) is 24.3. The molecule has 0 atom stereocenters. The number of esters is 1. The highest BCUT2D eigenvalue weighted by molar-refractivity contribution is 8.00. The molecule has 32 heavy (non-hydrogen) atoms. The highest BCUT2D eigenvalue weighted by Crippen LogP contribution is 2.20. The minimum atomic E-state index is -0.377. The van der Waals surface area contributed by atoms with Crippen molar-refractivity contribution in [3.63, 3.8) is 0 Å². The van der Waals surface area contributed by atoms with Crippen molar-refractivity contribution in [2.45, 2.75) is 39.2 Å². The van der Waals surface area contributed by atoms with Crippen LogP contribution in [0.3, 0.4) is 0 Å². The van der Waals surface area contributed by atoms with E-state index in [-0.39, 0.29) is 23.5 Å². The molecule has 1 aromatic heterocycles. The molecule has 0 bridgehead atoms. The molecule has 1 aromatic carbocycles. The van der Waals surface area contributed by atoms with Crippen LogP contribution in [0, 0.1) is 0 Å². The number of carbonyl (C=O) groups excluding carboxylic acids is 3. The zero-order chi connectivity index (χ0) is 22.9. The average Bonchev–Trinajstić information content (AvgIpc) is 2.94. The number of ether oxygens (including phenoxy) is 1. The molecule has 2 amide bonds. The van der Waals surface area contributed by atoms with E-state index in [4.69, 9.17) is 4.74 Å². The number of benzene rings is 1. The van der Waals surface area contributed by atoms with Gasteiger partial charge in [0.15, 0.2) is 4.80 Å². The lowest BCUT2D eigenvalue weighted by molar-refractivity contribution is -0.128. The Morgan fingerprint density at radius 1 is 1.19 bits per heavy atom. The second-order valence-electron chi connectivity index (χ2n) is 7.48. The van der Waals surface area contributed by atoms with E-state index in [1.807, 2.05) is 15.5 Å². The maximum Gasteiger partial charge on any atom is 0.338 e. The van der Waals surface area contributed by atoms with Crippen molar-refractivity contribution in [2.24, 2.45) is 4.99 Å². The van der Waals surface area contributed by atoms with Crippen molar-refractivity contribution >= 4 is 51.1 Å². The molecule has 3 rings (SSSR count). The molecule has 0 unspecified atom stereocenters. The van der Waals surface area contributed by atoms with Gasteiger partial charge in [-0.1, -0.05) is 30.3 Å². The molecular formula is C23H29N3O4S2. The fraction of sp³-hybridized carbons (Fsp3) is 0.478. The van der Waals surface area contributed by atoms with Crippen LogP contribution in [-0.4, -0.2) is 58.5 Å². The van der Waals surface area contributed by atoms with Crippen LogP contribution in [-0.2, 0) is 20.9 Å². The third-order valence-electron chi connectivity index (χ3n) is 5.14. The molecule has 0 aliphatic carbocycles. The molecule has 2 aromatic rings. The number of thioether (sulfide) groups is 1. The van der Waals surface area contributed by atoms with Gasteiger partial charge in [-0.2, -0.15) is 4.99 Å². The molecule has 1 aliphatic rings. The first-order chi connectivity index (χ1) is 15.5. The van der Waals surface area contributed by atoms with Crippen molar-refractivity contribution in [2.75, 3.05) is 31.2 Å². The molecule has 1 aliphatic heterocycles. The summed E-state index contributed by atoms with van der Waals surface area (Å²) < 4.78 is 7.81. The maximum atomic E-state index is 12.5. The van der Waals surface area contributed by atoms with Crippen LogP contribution in [0.4, 0.5) is 0 Å². The smallest absolute Gasteiger partial charge is 0.338 e. The summed E-state index contributed by atoms with van der Waals surface area (Å²) in [6.45, 7) is 7.99. The van der Waals surface area contributed by atoms with Crippen LogP contribution in [0.5, 0.6) is 0 Å². The Hall–Kier alpha value is -2.39. The molecule has 2 heterocycles. The first-order valence-corrected chi connectivity index (χ1v) is 12.8. The summed E-state index contributed by atoms with van der Waals surface area (Å²) in [5.41, 5.74) is 1.34. The zero-order valence-electron chi connectivity index (χ0n) is 18.4. The molecule has 0 N–H and O–H groups in total. The molecular weight excluding hydrogens is 446 g/mol. The van der Waals surface area contributed by atoms with E-state index in [9.17, 15) is 14.4 Å². The molecule has 0 saturated carbocycles. The third kappa shape index (κ3) is 6.32.